The number of hydrogen-bond acceptors (Lipinski definition) is 7. The van der Waals surface area contributed by atoms with Gasteiger partial charge in [0, 0.05) is 6.54 Å². The number of hydrogen-bond donors (Lipinski definition) is 0. The van der Waals surface area contributed by atoms with Gasteiger partial charge in [-0.3, -0.25) is 0 Å². The molecule has 0 aromatic carbocycles. The highest BCUT2D eigenvalue weighted by Gasteiger charge is 2.19. The third-order valence-electron chi connectivity index (χ3n) is 2.61. The number of rotatable bonds is 5. The van der Waals surface area contributed by atoms with E-state index in [0.29, 0.717) is 29.4 Å². The summed E-state index contributed by atoms with van der Waals surface area (Å²) in [5.41, 5.74) is 0.866. The highest BCUT2D eigenvalue weighted by Crippen LogP contribution is 2.14. The zero-order valence-corrected chi connectivity index (χ0v) is 11.1. The molecular formula is C11H15N5O3. The Hall–Kier alpha value is -2.25. The summed E-state index contributed by atoms with van der Waals surface area (Å²) < 4.78 is 11.7. The Kier molecular flexibility index (Phi) is 3.88. The zero-order chi connectivity index (χ0) is 13.8. The van der Waals surface area contributed by atoms with E-state index in [1.165, 1.54) is 0 Å². The molecule has 0 aliphatic rings. The molecule has 0 bridgehead atoms. The van der Waals surface area contributed by atoms with Crippen LogP contribution >= 0.6 is 0 Å². The van der Waals surface area contributed by atoms with E-state index in [-0.39, 0.29) is 6.61 Å². The molecule has 2 aromatic heterocycles. The number of aromatic nitrogens is 5. The van der Waals surface area contributed by atoms with Crippen molar-refractivity contribution in [2.45, 2.75) is 40.3 Å². The van der Waals surface area contributed by atoms with Gasteiger partial charge in [0.2, 0.25) is 0 Å². The van der Waals surface area contributed by atoms with Crippen molar-refractivity contribution in [2.24, 2.45) is 0 Å². The third-order valence-corrected chi connectivity index (χ3v) is 2.61. The van der Waals surface area contributed by atoms with Crippen LogP contribution < -0.4 is 0 Å². The largest absolute Gasteiger partial charge is 0.454 e. The molecule has 2 rings (SSSR count). The van der Waals surface area contributed by atoms with Crippen molar-refractivity contribution in [3.8, 4) is 0 Å². The van der Waals surface area contributed by atoms with Crippen LogP contribution in [-0.2, 0) is 17.9 Å². The summed E-state index contributed by atoms with van der Waals surface area (Å²) in [5.74, 6) is 0.472. The molecule has 19 heavy (non-hydrogen) atoms. The highest BCUT2D eigenvalue weighted by atomic mass is 16.5. The molecule has 0 aliphatic carbocycles. The van der Waals surface area contributed by atoms with Crippen molar-refractivity contribution in [3.05, 3.63) is 22.8 Å². The molecule has 102 valence electrons. The summed E-state index contributed by atoms with van der Waals surface area (Å²) in [4.78, 5) is 11.9. The predicted octanol–water partition coefficient (Wildman–Crippen LogP) is 1.04. The van der Waals surface area contributed by atoms with Crippen LogP contribution in [0.1, 0.15) is 41.0 Å². The Balaban J connectivity index is 2.03. The second kappa shape index (κ2) is 5.59. The van der Waals surface area contributed by atoms with Crippen LogP contribution in [0.4, 0.5) is 0 Å². The standard InChI is InChI=1S/C11H15N5O3/c1-4-5-16-9(12-14-15-16)6-18-11(17)10-7(2)13-19-8(10)3/h4-6H2,1-3H3. The molecule has 0 radical (unpaired) electrons. The molecule has 2 aromatic rings. The second-order valence-electron chi connectivity index (χ2n) is 4.09. The van der Waals surface area contributed by atoms with E-state index in [1.54, 1.807) is 18.5 Å². The number of tetrazole rings is 1. The van der Waals surface area contributed by atoms with Crippen molar-refractivity contribution in [1.82, 2.24) is 25.4 Å². The average molecular weight is 265 g/mol. The monoisotopic (exact) mass is 265 g/mol. The molecule has 0 N–H and O–H groups in total. The number of nitrogens with zero attached hydrogens (tertiary/aromatic N) is 5. The lowest BCUT2D eigenvalue weighted by atomic mass is 10.2. The number of esters is 1. The van der Waals surface area contributed by atoms with Gasteiger partial charge in [0.1, 0.15) is 11.3 Å². The van der Waals surface area contributed by atoms with E-state index in [2.05, 4.69) is 20.7 Å². The lowest BCUT2D eigenvalue weighted by Gasteiger charge is -2.04. The third kappa shape index (κ3) is 2.78. The summed E-state index contributed by atoms with van der Waals surface area (Å²) >= 11 is 0. The summed E-state index contributed by atoms with van der Waals surface area (Å²) in [6, 6.07) is 0. The van der Waals surface area contributed by atoms with Gasteiger partial charge in [0.05, 0.1) is 5.69 Å². The van der Waals surface area contributed by atoms with Gasteiger partial charge in [0.25, 0.3) is 0 Å². The quantitative estimate of drug-likeness (QED) is 0.745. The normalized spacial score (nSPS) is 10.7. The minimum absolute atomic E-state index is 0.0237. The Morgan fingerprint density at radius 3 is 2.84 bits per heavy atom. The highest BCUT2D eigenvalue weighted by molar-refractivity contribution is 5.91. The van der Waals surface area contributed by atoms with Crippen molar-refractivity contribution in [3.63, 3.8) is 0 Å². The number of carbonyl (C=O) groups is 1. The average Bonchev–Trinajstić information content (AvgIpc) is 2.94. The van der Waals surface area contributed by atoms with Gasteiger partial charge in [-0.2, -0.15) is 0 Å². The lowest BCUT2D eigenvalue weighted by Crippen LogP contribution is -2.12. The van der Waals surface area contributed by atoms with Gasteiger partial charge in [0.15, 0.2) is 12.4 Å². The molecule has 2 heterocycles. The summed E-state index contributed by atoms with van der Waals surface area (Å²) in [5, 5.41) is 14.9. The fourth-order valence-electron chi connectivity index (χ4n) is 1.69. The molecule has 0 atom stereocenters. The number of carbonyl (C=O) groups excluding carboxylic acids is 1. The first-order valence-corrected chi connectivity index (χ1v) is 5.98. The van der Waals surface area contributed by atoms with Crippen molar-refractivity contribution >= 4 is 5.97 Å². The zero-order valence-electron chi connectivity index (χ0n) is 11.1. The van der Waals surface area contributed by atoms with Crippen molar-refractivity contribution in [1.29, 1.82) is 0 Å². The first kappa shape index (κ1) is 13.2. The van der Waals surface area contributed by atoms with Gasteiger partial charge >= 0.3 is 5.97 Å². The van der Waals surface area contributed by atoms with E-state index in [1.807, 2.05) is 6.92 Å². The molecule has 0 unspecified atom stereocenters. The number of ether oxygens (including phenoxy) is 1. The molecule has 8 heteroatoms. The van der Waals surface area contributed by atoms with Gasteiger partial charge in [-0.15, -0.1) is 5.10 Å². The Morgan fingerprint density at radius 2 is 2.21 bits per heavy atom. The Bertz CT molecular complexity index is 555. The van der Waals surface area contributed by atoms with Gasteiger partial charge < -0.3 is 9.26 Å². The molecule has 0 aliphatic heterocycles. The summed E-state index contributed by atoms with van der Waals surface area (Å²) in [7, 11) is 0. The predicted molar refractivity (Wildman–Crippen MR) is 63.2 cm³/mol. The SMILES string of the molecule is CCCn1nnnc1COC(=O)c1c(C)noc1C. The van der Waals surface area contributed by atoms with Crippen LogP contribution in [0.3, 0.4) is 0 Å². The maximum absolute atomic E-state index is 11.9. The minimum atomic E-state index is -0.484. The molecule has 0 saturated carbocycles. The Labute approximate surface area is 109 Å². The van der Waals surface area contributed by atoms with Crippen molar-refractivity contribution < 1.29 is 14.1 Å². The molecule has 0 fully saturated rings. The van der Waals surface area contributed by atoms with E-state index in [4.69, 9.17) is 9.26 Å². The van der Waals surface area contributed by atoms with Crippen LogP contribution in [0.15, 0.2) is 4.52 Å². The molecular weight excluding hydrogens is 250 g/mol. The van der Waals surface area contributed by atoms with E-state index in [9.17, 15) is 4.79 Å². The lowest BCUT2D eigenvalue weighted by molar-refractivity contribution is 0.0453. The molecule has 0 spiro atoms. The smallest absolute Gasteiger partial charge is 0.344 e. The van der Waals surface area contributed by atoms with E-state index < -0.39 is 5.97 Å². The number of aryl methyl sites for hydroxylation is 3. The van der Waals surface area contributed by atoms with Crippen LogP contribution in [0, 0.1) is 13.8 Å². The summed E-state index contributed by atoms with van der Waals surface area (Å²) in [6.45, 7) is 6.08. The first-order chi connectivity index (χ1) is 9.13. The Morgan fingerprint density at radius 1 is 1.42 bits per heavy atom. The second-order valence-corrected chi connectivity index (χ2v) is 4.09. The van der Waals surface area contributed by atoms with E-state index in [0.717, 1.165) is 6.42 Å². The fourth-order valence-corrected chi connectivity index (χ4v) is 1.69. The van der Waals surface area contributed by atoms with Crippen LogP contribution in [0.5, 0.6) is 0 Å². The van der Waals surface area contributed by atoms with Gasteiger partial charge in [-0.05, 0) is 30.7 Å². The van der Waals surface area contributed by atoms with Gasteiger partial charge in [-0.1, -0.05) is 12.1 Å². The maximum atomic E-state index is 11.9. The first-order valence-electron chi connectivity index (χ1n) is 5.98. The van der Waals surface area contributed by atoms with Crippen LogP contribution in [0.25, 0.3) is 0 Å². The van der Waals surface area contributed by atoms with E-state index >= 15 is 0 Å². The topological polar surface area (TPSA) is 95.9 Å². The van der Waals surface area contributed by atoms with Gasteiger partial charge in [-0.25, -0.2) is 9.48 Å². The summed E-state index contributed by atoms with van der Waals surface area (Å²) in [6.07, 6.45) is 0.899. The maximum Gasteiger partial charge on any atom is 0.344 e. The van der Waals surface area contributed by atoms with Crippen molar-refractivity contribution in [2.75, 3.05) is 0 Å². The minimum Gasteiger partial charge on any atom is -0.454 e. The van der Waals surface area contributed by atoms with Crippen LogP contribution in [0.2, 0.25) is 0 Å². The molecule has 0 amide bonds. The fraction of sp³-hybridized carbons (Fsp3) is 0.545. The molecule has 8 nitrogen and oxygen atoms in total. The van der Waals surface area contributed by atoms with Crippen LogP contribution in [-0.4, -0.2) is 31.3 Å². The molecule has 0 saturated heterocycles.